The lowest BCUT2D eigenvalue weighted by Gasteiger charge is -2.16. The fourth-order valence-electron chi connectivity index (χ4n) is 3.29. The third-order valence-electron chi connectivity index (χ3n) is 4.66. The molecule has 0 aliphatic heterocycles. The molecule has 1 aromatic heterocycles. The molecule has 8 nitrogen and oxygen atoms in total. The van der Waals surface area contributed by atoms with E-state index in [1.165, 1.54) is 0 Å². The van der Waals surface area contributed by atoms with Crippen LogP contribution in [0.5, 0.6) is 0 Å². The molecule has 31 heavy (non-hydrogen) atoms. The Morgan fingerprint density at radius 2 is 1.61 bits per heavy atom. The molecule has 164 valence electrons. The van der Waals surface area contributed by atoms with Gasteiger partial charge in [0.1, 0.15) is 0 Å². The summed E-state index contributed by atoms with van der Waals surface area (Å²) in [6, 6.07) is 17.4. The molecule has 2 aromatic carbocycles. The molecular formula is C22H28N6O2S. The Labute approximate surface area is 183 Å². The van der Waals surface area contributed by atoms with Gasteiger partial charge >= 0.3 is 0 Å². The van der Waals surface area contributed by atoms with Gasteiger partial charge in [-0.3, -0.25) is 9.71 Å². The largest absolute Gasteiger partial charge is 0.352 e. The van der Waals surface area contributed by atoms with Crippen molar-refractivity contribution in [3.63, 3.8) is 0 Å². The number of rotatable bonds is 7. The fraction of sp³-hybridized carbons (Fsp3) is 0.273. The Morgan fingerprint density at radius 1 is 1.00 bits per heavy atom. The van der Waals surface area contributed by atoms with Crippen molar-refractivity contribution in [3.05, 3.63) is 77.1 Å². The lowest BCUT2D eigenvalue weighted by atomic mass is 10.1. The summed E-state index contributed by atoms with van der Waals surface area (Å²) < 4.78 is 27.7. The van der Waals surface area contributed by atoms with Crippen molar-refractivity contribution in [2.24, 2.45) is 4.99 Å². The number of anilines is 1. The zero-order valence-electron chi connectivity index (χ0n) is 18.2. The Bertz CT molecular complexity index is 1180. The first-order valence-electron chi connectivity index (χ1n) is 9.88. The molecule has 1 heterocycles. The molecule has 0 amide bonds. The predicted octanol–water partition coefficient (Wildman–Crippen LogP) is 2.73. The lowest BCUT2D eigenvalue weighted by molar-refractivity contribution is 0.606. The van der Waals surface area contributed by atoms with Crippen molar-refractivity contribution < 1.29 is 8.42 Å². The van der Waals surface area contributed by atoms with E-state index in [-0.39, 0.29) is 0 Å². The van der Waals surface area contributed by atoms with E-state index in [2.05, 4.69) is 31.5 Å². The summed E-state index contributed by atoms with van der Waals surface area (Å²) in [5.41, 5.74) is 5.50. The third-order valence-corrected chi connectivity index (χ3v) is 5.25. The van der Waals surface area contributed by atoms with Crippen LogP contribution in [0, 0.1) is 13.8 Å². The van der Waals surface area contributed by atoms with Crippen molar-refractivity contribution >= 4 is 21.7 Å². The molecule has 3 rings (SSSR count). The van der Waals surface area contributed by atoms with Crippen molar-refractivity contribution in [2.75, 3.05) is 18.0 Å². The standard InChI is InChI=1S/C22H28N6O2S/c1-16-13-17(2)28(26-16)21-12-8-6-10-19(21)15-25-22(23-3)24-14-18-9-5-7-11-20(18)27-31(4,29)30/h5-13,27H,14-15H2,1-4H3,(H2,23,24,25). The van der Waals surface area contributed by atoms with Gasteiger partial charge in [-0.25, -0.2) is 13.1 Å². The highest BCUT2D eigenvalue weighted by Crippen LogP contribution is 2.18. The topological polar surface area (TPSA) is 100 Å². The van der Waals surface area contributed by atoms with Gasteiger partial charge in [0, 0.05) is 25.8 Å². The quantitative estimate of drug-likeness (QED) is 0.387. The highest BCUT2D eigenvalue weighted by molar-refractivity contribution is 7.92. The van der Waals surface area contributed by atoms with E-state index in [1.54, 1.807) is 19.2 Å². The molecule has 0 fully saturated rings. The maximum Gasteiger partial charge on any atom is 0.229 e. The molecule has 3 N–H and O–H groups in total. The molecule has 0 saturated carbocycles. The first-order chi connectivity index (χ1) is 14.8. The minimum Gasteiger partial charge on any atom is -0.352 e. The van der Waals surface area contributed by atoms with Crippen molar-refractivity contribution in [2.45, 2.75) is 26.9 Å². The number of hydrogen-bond acceptors (Lipinski definition) is 4. The second-order valence-corrected chi connectivity index (χ2v) is 9.03. The van der Waals surface area contributed by atoms with Crippen LogP contribution in [-0.4, -0.2) is 37.5 Å². The molecule has 0 bridgehead atoms. The van der Waals surface area contributed by atoms with Crippen LogP contribution in [0.4, 0.5) is 5.69 Å². The first kappa shape index (κ1) is 22.4. The highest BCUT2D eigenvalue weighted by Gasteiger charge is 2.10. The number of sulfonamides is 1. The number of hydrogen-bond donors (Lipinski definition) is 3. The summed E-state index contributed by atoms with van der Waals surface area (Å²) in [6.45, 7) is 4.98. The molecule has 9 heteroatoms. The van der Waals surface area contributed by atoms with Crippen molar-refractivity contribution in [1.29, 1.82) is 0 Å². The summed E-state index contributed by atoms with van der Waals surface area (Å²) in [5, 5.41) is 11.1. The van der Waals surface area contributed by atoms with Crippen LogP contribution in [0.2, 0.25) is 0 Å². The second kappa shape index (κ2) is 9.65. The second-order valence-electron chi connectivity index (χ2n) is 7.28. The predicted molar refractivity (Wildman–Crippen MR) is 125 cm³/mol. The number of benzene rings is 2. The van der Waals surface area contributed by atoms with Crippen molar-refractivity contribution in [3.8, 4) is 5.69 Å². The Morgan fingerprint density at radius 3 is 2.23 bits per heavy atom. The Balaban J connectivity index is 1.69. The zero-order chi connectivity index (χ0) is 22.4. The van der Waals surface area contributed by atoms with Crippen LogP contribution in [-0.2, 0) is 23.1 Å². The molecule has 3 aromatic rings. The van der Waals surface area contributed by atoms with E-state index in [4.69, 9.17) is 0 Å². The Kier molecular flexibility index (Phi) is 6.96. The molecule has 0 radical (unpaired) electrons. The molecular weight excluding hydrogens is 412 g/mol. The van der Waals surface area contributed by atoms with Crippen LogP contribution in [0.25, 0.3) is 5.69 Å². The molecule has 0 unspecified atom stereocenters. The number of guanidine groups is 1. The average Bonchev–Trinajstić information content (AvgIpc) is 3.06. The van der Waals surface area contributed by atoms with Gasteiger partial charge in [0.25, 0.3) is 0 Å². The normalized spacial score (nSPS) is 11.9. The number of nitrogens with zero attached hydrogens (tertiary/aromatic N) is 3. The zero-order valence-corrected chi connectivity index (χ0v) is 19.0. The van der Waals surface area contributed by atoms with Gasteiger partial charge < -0.3 is 10.6 Å². The van der Waals surface area contributed by atoms with E-state index >= 15 is 0 Å². The summed E-state index contributed by atoms with van der Waals surface area (Å²) in [7, 11) is -1.66. The number of aliphatic imine (C=N–C) groups is 1. The van der Waals surface area contributed by atoms with Crippen molar-refractivity contribution in [1.82, 2.24) is 20.4 Å². The van der Waals surface area contributed by atoms with Gasteiger partial charge in [-0.05, 0) is 43.2 Å². The number of aromatic nitrogens is 2. The monoisotopic (exact) mass is 440 g/mol. The van der Waals surface area contributed by atoms with Crippen LogP contribution in [0.3, 0.4) is 0 Å². The van der Waals surface area contributed by atoms with E-state index in [0.717, 1.165) is 34.5 Å². The molecule has 0 aliphatic carbocycles. The molecule has 0 spiro atoms. The fourth-order valence-corrected chi connectivity index (χ4v) is 3.89. The first-order valence-corrected chi connectivity index (χ1v) is 11.8. The van der Waals surface area contributed by atoms with Crippen LogP contribution >= 0.6 is 0 Å². The average molecular weight is 441 g/mol. The molecule has 0 saturated heterocycles. The number of para-hydroxylation sites is 2. The van der Waals surface area contributed by atoms with Gasteiger partial charge in [0.2, 0.25) is 10.0 Å². The van der Waals surface area contributed by atoms with Gasteiger partial charge in [-0.1, -0.05) is 36.4 Å². The van der Waals surface area contributed by atoms with E-state index in [0.29, 0.717) is 24.7 Å². The van der Waals surface area contributed by atoms with Gasteiger partial charge in [-0.15, -0.1) is 0 Å². The third kappa shape index (κ3) is 6.08. The van der Waals surface area contributed by atoms with Crippen LogP contribution < -0.4 is 15.4 Å². The van der Waals surface area contributed by atoms with Gasteiger partial charge in [0.05, 0.1) is 23.3 Å². The SMILES string of the molecule is CN=C(NCc1ccccc1NS(C)(=O)=O)NCc1ccccc1-n1nc(C)cc1C. The lowest BCUT2D eigenvalue weighted by Crippen LogP contribution is -2.36. The summed E-state index contributed by atoms with van der Waals surface area (Å²) in [5.74, 6) is 0.609. The number of aryl methyl sites for hydroxylation is 2. The van der Waals surface area contributed by atoms with E-state index in [1.807, 2.05) is 54.9 Å². The minimum atomic E-state index is -3.35. The highest BCUT2D eigenvalue weighted by atomic mass is 32.2. The summed E-state index contributed by atoms with van der Waals surface area (Å²) in [4.78, 5) is 4.28. The van der Waals surface area contributed by atoms with E-state index < -0.39 is 10.0 Å². The number of nitrogens with one attached hydrogen (secondary N) is 3. The molecule has 0 aliphatic rings. The summed E-state index contributed by atoms with van der Waals surface area (Å²) >= 11 is 0. The van der Waals surface area contributed by atoms with E-state index in [9.17, 15) is 8.42 Å². The minimum absolute atomic E-state index is 0.414. The molecule has 0 atom stereocenters. The van der Waals surface area contributed by atoms with Gasteiger partial charge in [-0.2, -0.15) is 5.10 Å². The van der Waals surface area contributed by atoms with Crippen LogP contribution in [0.15, 0.2) is 59.6 Å². The maximum absolute atomic E-state index is 11.6. The Hall–Kier alpha value is -3.33. The maximum atomic E-state index is 11.6. The van der Waals surface area contributed by atoms with Gasteiger partial charge in [0.15, 0.2) is 5.96 Å². The smallest absolute Gasteiger partial charge is 0.229 e. The summed E-state index contributed by atoms with van der Waals surface area (Å²) in [6.07, 6.45) is 1.14. The van der Waals surface area contributed by atoms with Crippen LogP contribution in [0.1, 0.15) is 22.5 Å².